The van der Waals surface area contributed by atoms with Crippen molar-refractivity contribution in [2.45, 2.75) is 12.2 Å². The highest BCUT2D eigenvalue weighted by Gasteiger charge is 2.21. The molecule has 0 aromatic heterocycles. The summed E-state index contributed by atoms with van der Waals surface area (Å²) in [5, 5.41) is -0.779. The standard InChI is InChI=1S/C9H12BrFN2O2S/c1-6(5-12)16(14,15)13-9-7(10)3-2-4-8(9)11/h2-4,6,13H,5,12H2,1H3. The van der Waals surface area contributed by atoms with Gasteiger partial charge in [-0.25, -0.2) is 12.8 Å². The molecule has 0 bridgehead atoms. The van der Waals surface area contributed by atoms with E-state index >= 15 is 0 Å². The van der Waals surface area contributed by atoms with Crippen LogP contribution in [0.25, 0.3) is 0 Å². The molecule has 0 saturated heterocycles. The molecule has 1 aromatic carbocycles. The van der Waals surface area contributed by atoms with Crippen molar-refractivity contribution in [1.82, 2.24) is 0 Å². The van der Waals surface area contributed by atoms with Crippen LogP contribution < -0.4 is 10.5 Å². The minimum Gasteiger partial charge on any atom is -0.329 e. The van der Waals surface area contributed by atoms with Gasteiger partial charge in [-0.3, -0.25) is 4.72 Å². The number of rotatable bonds is 4. The summed E-state index contributed by atoms with van der Waals surface area (Å²) in [6.07, 6.45) is 0. The van der Waals surface area contributed by atoms with E-state index in [4.69, 9.17) is 5.73 Å². The molecule has 7 heteroatoms. The van der Waals surface area contributed by atoms with E-state index in [9.17, 15) is 12.8 Å². The van der Waals surface area contributed by atoms with E-state index in [1.165, 1.54) is 19.1 Å². The van der Waals surface area contributed by atoms with Crippen LogP contribution in [0.4, 0.5) is 10.1 Å². The van der Waals surface area contributed by atoms with Gasteiger partial charge in [0, 0.05) is 11.0 Å². The number of anilines is 1. The maximum atomic E-state index is 13.4. The normalized spacial score (nSPS) is 13.5. The zero-order valence-electron chi connectivity index (χ0n) is 8.57. The van der Waals surface area contributed by atoms with Gasteiger partial charge in [-0.2, -0.15) is 0 Å². The molecule has 90 valence electrons. The van der Waals surface area contributed by atoms with Gasteiger partial charge in [0.1, 0.15) is 5.82 Å². The van der Waals surface area contributed by atoms with E-state index in [1.807, 2.05) is 0 Å². The second-order valence-electron chi connectivity index (χ2n) is 3.29. The zero-order chi connectivity index (χ0) is 12.3. The Balaban J connectivity index is 3.06. The molecule has 1 aromatic rings. The van der Waals surface area contributed by atoms with Gasteiger partial charge >= 0.3 is 0 Å². The molecule has 0 aliphatic heterocycles. The molecule has 1 rings (SSSR count). The molecule has 0 heterocycles. The number of para-hydroxylation sites is 1. The molecule has 0 radical (unpaired) electrons. The lowest BCUT2D eigenvalue weighted by atomic mass is 10.3. The molecule has 0 fully saturated rings. The Kier molecular flexibility index (Phi) is 4.28. The first-order chi connectivity index (χ1) is 7.38. The first-order valence-corrected chi connectivity index (χ1v) is 6.88. The van der Waals surface area contributed by atoms with E-state index < -0.39 is 21.1 Å². The molecule has 0 spiro atoms. The number of halogens is 2. The summed E-state index contributed by atoms with van der Waals surface area (Å²) in [6, 6.07) is 4.20. The lowest BCUT2D eigenvalue weighted by molar-refractivity contribution is 0.587. The highest BCUT2D eigenvalue weighted by Crippen LogP contribution is 2.26. The Hall–Kier alpha value is -0.660. The quantitative estimate of drug-likeness (QED) is 0.888. The minimum absolute atomic E-state index is 0.0264. The smallest absolute Gasteiger partial charge is 0.236 e. The number of hydrogen-bond donors (Lipinski definition) is 2. The summed E-state index contributed by atoms with van der Waals surface area (Å²) < 4.78 is 39.2. The van der Waals surface area contributed by atoms with Gasteiger partial charge < -0.3 is 5.73 Å². The SMILES string of the molecule is CC(CN)S(=O)(=O)Nc1c(F)cccc1Br. The van der Waals surface area contributed by atoms with Gasteiger partial charge in [0.15, 0.2) is 0 Å². The third kappa shape index (κ3) is 2.93. The Bertz CT molecular complexity index is 458. The Labute approximate surface area is 102 Å². The van der Waals surface area contributed by atoms with E-state index in [1.54, 1.807) is 6.07 Å². The van der Waals surface area contributed by atoms with Gasteiger partial charge in [-0.15, -0.1) is 0 Å². The molecule has 0 amide bonds. The highest BCUT2D eigenvalue weighted by atomic mass is 79.9. The van der Waals surface area contributed by atoms with Gasteiger partial charge in [0.25, 0.3) is 0 Å². The van der Waals surface area contributed by atoms with Gasteiger partial charge in [0.2, 0.25) is 10.0 Å². The molecule has 1 unspecified atom stereocenters. The summed E-state index contributed by atoms with van der Waals surface area (Å²) in [5.41, 5.74) is 5.17. The lowest BCUT2D eigenvalue weighted by Crippen LogP contribution is -2.32. The summed E-state index contributed by atoms with van der Waals surface area (Å²) in [7, 11) is -3.65. The van der Waals surface area contributed by atoms with Crippen molar-refractivity contribution in [3.63, 3.8) is 0 Å². The maximum Gasteiger partial charge on any atom is 0.236 e. The average Bonchev–Trinajstić information content (AvgIpc) is 2.22. The Morgan fingerprint density at radius 3 is 2.69 bits per heavy atom. The largest absolute Gasteiger partial charge is 0.329 e. The van der Waals surface area contributed by atoms with E-state index in [0.29, 0.717) is 4.47 Å². The fraction of sp³-hybridized carbons (Fsp3) is 0.333. The fourth-order valence-electron chi connectivity index (χ4n) is 0.965. The first kappa shape index (κ1) is 13.4. The van der Waals surface area contributed by atoms with Crippen LogP contribution in [0.5, 0.6) is 0 Å². The zero-order valence-corrected chi connectivity index (χ0v) is 11.0. The second-order valence-corrected chi connectivity index (χ2v) is 6.24. The van der Waals surface area contributed by atoms with Gasteiger partial charge in [-0.1, -0.05) is 6.07 Å². The summed E-state index contributed by atoms with van der Waals surface area (Å²) >= 11 is 3.07. The summed E-state index contributed by atoms with van der Waals surface area (Å²) in [4.78, 5) is 0. The molecule has 16 heavy (non-hydrogen) atoms. The van der Waals surface area contributed by atoms with Crippen LogP contribution in [0, 0.1) is 5.82 Å². The van der Waals surface area contributed by atoms with E-state index in [0.717, 1.165) is 0 Å². The van der Waals surface area contributed by atoms with Crippen LogP contribution in [0.1, 0.15) is 6.92 Å². The fourth-order valence-corrected chi connectivity index (χ4v) is 2.48. The van der Waals surface area contributed by atoms with Crippen molar-refractivity contribution < 1.29 is 12.8 Å². The number of benzene rings is 1. The van der Waals surface area contributed by atoms with Crippen LogP contribution >= 0.6 is 15.9 Å². The second kappa shape index (κ2) is 5.11. The molecule has 0 aliphatic carbocycles. The van der Waals surface area contributed by atoms with Gasteiger partial charge in [0.05, 0.1) is 10.9 Å². The highest BCUT2D eigenvalue weighted by molar-refractivity contribution is 9.10. The van der Waals surface area contributed by atoms with Crippen LogP contribution in [0.15, 0.2) is 22.7 Å². The van der Waals surface area contributed by atoms with Crippen LogP contribution in [0.3, 0.4) is 0 Å². The molecule has 4 nitrogen and oxygen atoms in total. The van der Waals surface area contributed by atoms with E-state index in [2.05, 4.69) is 20.7 Å². The molecule has 1 atom stereocenters. The molecular formula is C9H12BrFN2O2S. The Morgan fingerprint density at radius 2 is 2.19 bits per heavy atom. The number of nitrogens with two attached hydrogens (primary N) is 1. The van der Waals surface area contributed by atoms with Crippen molar-refractivity contribution in [2.75, 3.05) is 11.3 Å². The number of sulfonamides is 1. The third-order valence-electron chi connectivity index (χ3n) is 2.07. The minimum atomic E-state index is -3.65. The predicted octanol–water partition coefficient (Wildman–Crippen LogP) is 1.68. The number of hydrogen-bond acceptors (Lipinski definition) is 3. The molecule has 0 saturated carbocycles. The maximum absolute atomic E-state index is 13.4. The van der Waals surface area contributed by atoms with E-state index in [-0.39, 0.29) is 12.2 Å². The first-order valence-electron chi connectivity index (χ1n) is 4.54. The summed E-state index contributed by atoms with van der Waals surface area (Å²) in [5.74, 6) is -0.637. The molecule has 3 N–H and O–H groups in total. The molecular weight excluding hydrogens is 299 g/mol. The van der Waals surface area contributed by atoms with Crippen LogP contribution in [0.2, 0.25) is 0 Å². The monoisotopic (exact) mass is 310 g/mol. The van der Waals surface area contributed by atoms with Crippen molar-refractivity contribution >= 4 is 31.6 Å². The Morgan fingerprint density at radius 1 is 1.56 bits per heavy atom. The van der Waals surface area contributed by atoms with Crippen LogP contribution in [-0.2, 0) is 10.0 Å². The number of nitrogens with one attached hydrogen (secondary N) is 1. The predicted molar refractivity (Wildman–Crippen MR) is 65.2 cm³/mol. The van der Waals surface area contributed by atoms with Crippen molar-refractivity contribution in [1.29, 1.82) is 0 Å². The van der Waals surface area contributed by atoms with Crippen molar-refractivity contribution in [3.8, 4) is 0 Å². The van der Waals surface area contributed by atoms with Crippen molar-refractivity contribution in [3.05, 3.63) is 28.5 Å². The average molecular weight is 311 g/mol. The van der Waals surface area contributed by atoms with Gasteiger partial charge in [-0.05, 0) is 35.0 Å². The topological polar surface area (TPSA) is 72.2 Å². The van der Waals surface area contributed by atoms with Crippen LogP contribution in [-0.4, -0.2) is 20.2 Å². The third-order valence-corrected chi connectivity index (χ3v) is 4.47. The molecule has 0 aliphatic rings. The lowest BCUT2D eigenvalue weighted by Gasteiger charge is -2.14. The summed E-state index contributed by atoms with van der Waals surface area (Å²) in [6.45, 7) is 1.43. The van der Waals surface area contributed by atoms with Crippen molar-refractivity contribution in [2.24, 2.45) is 5.73 Å².